The highest BCUT2D eigenvalue weighted by Crippen LogP contribution is 2.27. The molecule has 0 spiro atoms. The average Bonchev–Trinajstić information content (AvgIpc) is 3.07. The van der Waals surface area contributed by atoms with Gasteiger partial charge in [-0.25, -0.2) is 4.68 Å². The Hall–Kier alpha value is -1.95. The quantitative estimate of drug-likeness (QED) is 0.809. The molecule has 2 aromatic heterocycles. The predicted molar refractivity (Wildman–Crippen MR) is 108 cm³/mol. The summed E-state index contributed by atoms with van der Waals surface area (Å²) in [5.41, 5.74) is 3.44. The molecule has 0 N–H and O–H groups in total. The van der Waals surface area contributed by atoms with Crippen molar-refractivity contribution in [2.75, 3.05) is 13.1 Å². The Morgan fingerprint density at radius 2 is 1.89 bits per heavy atom. The first-order valence-electron chi connectivity index (χ1n) is 10.7. The van der Waals surface area contributed by atoms with Gasteiger partial charge < -0.3 is 4.52 Å². The fourth-order valence-corrected chi connectivity index (χ4v) is 4.34. The maximum Gasteiger partial charge on any atom is 0.266 e. The van der Waals surface area contributed by atoms with Crippen LogP contribution in [0.3, 0.4) is 0 Å². The molecular weight excluding hydrogens is 352 g/mol. The highest BCUT2D eigenvalue weighted by Gasteiger charge is 2.25. The van der Waals surface area contributed by atoms with Crippen molar-refractivity contribution in [3.8, 4) is 0 Å². The van der Waals surface area contributed by atoms with Gasteiger partial charge in [-0.05, 0) is 57.2 Å². The molecule has 0 unspecified atom stereocenters. The Labute approximate surface area is 166 Å². The molecule has 1 saturated heterocycles. The third-order valence-electron chi connectivity index (χ3n) is 6.18. The molecule has 0 bridgehead atoms. The number of piperidine rings is 1. The maximum atomic E-state index is 12.3. The number of rotatable bonds is 4. The zero-order chi connectivity index (χ0) is 19.7. The van der Waals surface area contributed by atoms with E-state index in [-0.39, 0.29) is 11.0 Å². The van der Waals surface area contributed by atoms with Crippen molar-refractivity contribution < 1.29 is 4.52 Å². The molecule has 152 valence electrons. The zero-order valence-electron chi connectivity index (χ0n) is 17.4. The van der Waals surface area contributed by atoms with E-state index < -0.39 is 0 Å². The first-order chi connectivity index (χ1) is 13.4. The first-order valence-corrected chi connectivity index (χ1v) is 10.7. The molecule has 4 rings (SSSR count). The Balaban J connectivity index is 1.35. The number of hydrogen-bond acceptors (Lipinski definition) is 5. The first kappa shape index (κ1) is 19.4. The summed E-state index contributed by atoms with van der Waals surface area (Å²) in [6, 6.07) is 3.52. The second kappa shape index (κ2) is 7.82. The molecule has 2 aromatic rings. The van der Waals surface area contributed by atoms with Crippen molar-refractivity contribution in [3.05, 3.63) is 45.2 Å². The second-order valence-corrected chi connectivity index (χ2v) is 9.45. The van der Waals surface area contributed by atoms with Crippen LogP contribution >= 0.6 is 0 Å². The lowest BCUT2D eigenvalue weighted by atomic mass is 9.92. The summed E-state index contributed by atoms with van der Waals surface area (Å²) in [5.74, 6) is 1.61. The molecular formula is C22H32N4O2. The van der Waals surface area contributed by atoms with Crippen LogP contribution in [0.2, 0.25) is 0 Å². The van der Waals surface area contributed by atoms with Gasteiger partial charge in [-0.2, -0.15) is 5.10 Å². The van der Waals surface area contributed by atoms with Gasteiger partial charge in [0.2, 0.25) is 0 Å². The topological polar surface area (TPSA) is 64.2 Å². The smallest absolute Gasteiger partial charge is 0.266 e. The lowest BCUT2D eigenvalue weighted by molar-refractivity contribution is 0.159. The summed E-state index contributed by atoms with van der Waals surface area (Å²) in [4.78, 5) is 14.7. The molecule has 2 aliphatic rings. The van der Waals surface area contributed by atoms with Crippen molar-refractivity contribution >= 4 is 0 Å². The third-order valence-corrected chi connectivity index (χ3v) is 6.18. The molecule has 0 saturated carbocycles. The molecule has 6 nitrogen and oxygen atoms in total. The molecule has 3 heterocycles. The second-order valence-electron chi connectivity index (χ2n) is 9.45. The molecule has 28 heavy (non-hydrogen) atoms. The van der Waals surface area contributed by atoms with Crippen LogP contribution in [0, 0.1) is 5.92 Å². The van der Waals surface area contributed by atoms with E-state index in [0.717, 1.165) is 69.0 Å². The Kier molecular flexibility index (Phi) is 5.41. The van der Waals surface area contributed by atoms with Crippen LogP contribution in [-0.4, -0.2) is 32.9 Å². The number of aromatic nitrogens is 3. The molecule has 1 aliphatic heterocycles. The largest absolute Gasteiger partial charge is 0.361 e. The van der Waals surface area contributed by atoms with Crippen LogP contribution in [0.1, 0.15) is 69.2 Å². The van der Waals surface area contributed by atoms with Gasteiger partial charge in [0, 0.05) is 36.6 Å². The molecule has 0 aromatic carbocycles. The van der Waals surface area contributed by atoms with Gasteiger partial charge in [0.25, 0.3) is 5.56 Å². The van der Waals surface area contributed by atoms with Crippen LogP contribution in [0.25, 0.3) is 0 Å². The van der Waals surface area contributed by atoms with Crippen molar-refractivity contribution in [2.45, 2.75) is 77.8 Å². The zero-order valence-corrected chi connectivity index (χ0v) is 17.4. The maximum absolute atomic E-state index is 12.3. The van der Waals surface area contributed by atoms with Crippen molar-refractivity contribution in [1.82, 2.24) is 19.8 Å². The summed E-state index contributed by atoms with van der Waals surface area (Å²) in [5, 5.41) is 8.98. The minimum absolute atomic E-state index is 0.00431. The molecule has 0 amide bonds. The van der Waals surface area contributed by atoms with Gasteiger partial charge in [0.05, 0.1) is 5.69 Å². The summed E-state index contributed by atoms with van der Waals surface area (Å²) in [6.45, 7) is 10.1. The van der Waals surface area contributed by atoms with Gasteiger partial charge >= 0.3 is 0 Å². The summed E-state index contributed by atoms with van der Waals surface area (Å²) in [7, 11) is 0. The summed E-state index contributed by atoms with van der Waals surface area (Å²) in [6.07, 6.45) is 6.81. The number of likely N-dealkylation sites (tertiary alicyclic amines) is 1. The minimum atomic E-state index is -0.0461. The predicted octanol–water partition coefficient (Wildman–Crippen LogP) is 3.32. The van der Waals surface area contributed by atoms with Gasteiger partial charge in [-0.3, -0.25) is 9.69 Å². The van der Waals surface area contributed by atoms with E-state index >= 15 is 0 Å². The van der Waals surface area contributed by atoms with Crippen LogP contribution in [0.5, 0.6) is 0 Å². The van der Waals surface area contributed by atoms with Crippen molar-refractivity contribution in [1.29, 1.82) is 0 Å². The van der Waals surface area contributed by atoms with Gasteiger partial charge in [0.15, 0.2) is 0 Å². The van der Waals surface area contributed by atoms with Gasteiger partial charge in [-0.1, -0.05) is 25.9 Å². The highest BCUT2D eigenvalue weighted by molar-refractivity contribution is 5.25. The van der Waals surface area contributed by atoms with E-state index in [1.54, 1.807) is 10.7 Å². The lowest BCUT2D eigenvalue weighted by Gasteiger charge is -2.31. The van der Waals surface area contributed by atoms with Crippen molar-refractivity contribution in [2.24, 2.45) is 5.92 Å². The molecule has 6 heteroatoms. The van der Waals surface area contributed by atoms with Crippen LogP contribution in [0.4, 0.5) is 0 Å². The fraction of sp³-hybridized carbons (Fsp3) is 0.682. The van der Waals surface area contributed by atoms with E-state index in [1.807, 2.05) is 6.07 Å². The Morgan fingerprint density at radius 3 is 2.64 bits per heavy atom. The number of hydrogen-bond donors (Lipinski definition) is 0. The van der Waals surface area contributed by atoms with E-state index in [4.69, 9.17) is 4.52 Å². The summed E-state index contributed by atoms with van der Waals surface area (Å²) >= 11 is 0. The average molecular weight is 385 g/mol. The van der Waals surface area contributed by atoms with E-state index in [0.29, 0.717) is 5.92 Å². The monoisotopic (exact) mass is 384 g/mol. The van der Waals surface area contributed by atoms with Gasteiger partial charge in [0.1, 0.15) is 11.5 Å². The number of nitrogens with zero attached hydrogens (tertiary/aromatic N) is 4. The van der Waals surface area contributed by atoms with Crippen LogP contribution in [0.15, 0.2) is 21.5 Å². The Bertz CT molecular complexity index is 869. The standard InChI is InChI=1S/C22H32N4O2/c1-22(2,3)20-8-9-21(27)26(23-20)14-16-10-12-25(13-11-16)15-18-17-6-4-5-7-19(17)28-24-18/h8-9,16H,4-7,10-15H2,1-3H3. The molecule has 0 atom stereocenters. The van der Waals surface area contributed by atoms with E-state index in [2.05, 4.69) is 35.9 Å². The molecule has 1 aliphatic carbocycles. The highest BCUT2D eigenvalue weighted by atomic mass is 16.5. The number of aryl methyl sites for hydroxylation is 1. The SMILES string of the molecule is CC(C)(C)c1ccc(=O)n(CC2CCN(Cc3noc4c3CCCC4)CC2)n1. The van der Waals surface area contributed by atoms with Gasteiger partial charge in [-0.15, -0.1) is 0 Å². The third kappa shape index (κ3) is 4.22. The fourth-order valence-electron chi connectivity index (χ4n) is 4.34. The molecule has 1 fully saturated rings. The van der Waals surface area contributed by atoms with Crippen LogP contribution < -0.4 is 5.56 Å². The van der Waals surface area contributed by atoms with Crippen molar-refractivity contribution in [3.63, 3.8) is 0 Å². The Morgan fingerprint density at radius 1 is 1.14 bits per heavy atom. The minimum Gasteiger partial charge on any atom is -0.361 e. The van der Waals surface area contributed by atoms with E-state index in [9.17, 15) is 4.79 Å². The number of fused-ring (bicyclic) bond motifs is 1. The van der Waals surface area contributed by atoms with E-state index in [1.165, 1.54) is 18.4 Å². The lowest BCUT2D eigenvalue weighted by Crippen LogP contribution is -2.37. The normalized spacial score (nSPS) is 19.0. The van der Waals surface area contributed by atoms with Crippen LogP contribution in [-0.2, 0) is 31.3 Å². The summed E-state index contributed by atoms with van der Waals surface area (Å²) < 4.78 is 7.23. The molecule has 0 radical (unpaired) electrons.